The molecule has 0 spiro atoms. The Bertz CT molecular complexity index is 1120. The van der Waals surface area contributed by atoms with Crippen molar-refractivity contribution < 1.29 is 26.6 Å². The minimum atomic E-state index is -3.89. The molecule has 0 saturated heterocycles. The lowest BCUT2D eigenvalue weighted by atomic mass is 10.0. The first-order valence-corrected chi connectivity index (χ1v) is 10.6. The van der Waals surface area contributed by atoms with Crippen LogP contribution in [0.3, 0.4) is 0 Å². The van der Waals surface area contributed by atoms with Gasteiger partial charge in [-0.25, -0.2) is 4.39 Å². The first-order valence-electron chi connectivity index (χ1n) is 9.09. The van der Waals surface area contributed by atoms with Gasteiger partial charge in [0.1, 0.15) is 17.6 Å². The number of rotatable bonds is 9. The minimum absolute atomic E-state index is 0.0312. The van der Waals surface area contributed by atoms with Crippen LogP contribution in [-0.2, 0) is 21.3 Å². The highest BCUT2D eigenvalue weighted by atomic mass is 32.2. The van der Waals surface area contributed by atoms with E-state index in [9.17, 15) is 22.4 Å². The lowest BCUT2D eigenvalue weighted by Gasteiger charge is -2.18. The number of hydrogen-bond acceptors (Lipinski definition) is 5. The van der Waals surface area contributed by atoms with Crippen molar-refractivity contribution in [2.24, 2.45) is 0 Å². The summed E-state index contributed by atoms with van der Waals surface area (Å²) in [4.78, 5) is 25.0. The number of carbonyl (C=O) groups is 2. The molecule has 2 aromatic rings. The highest BCUT2D eigenvalue weighted by molar-refractivity contribution is 7.90. The second-order valence-corrected chi connectivity index (χ2v) is 7.99. The minimum Gasteiger partial charge on any atom is -0.379 e. The largest absolute Gasteiger partial charge is 0.379 e. The fourth-order valence-corrected chi connectivity index (χ4v) is 2.98. The van der Waals surface area contributed by atoms with Crippen LogP contribution in [0.5, 0.6) is 5.75 Å². The van der Waals surface area contributed by atoms with Gasteiger partial charge in [-0.2, -0.15) is 8.42 Å². The van der Waals surface area contributed by atoms with Crippen LogP contribution in [0.15, 0.2) is 54.5 Å². The number of benzene rings is 2. The van der Waals surface area contributed by atoms with E-state index in [0.717, 1.165) is 6.07 Å². The number of amides is 2. The van der Waals surface area contributed by atoms with Crippen molar-refractivity contribution in [3.63, 3.8) is 0 Å². The van der Waals surface area contributed by atoms with Gasteiger partial charge in [-0.3, -0.25) is 9.59 Å². The van der Waals surface area contributed by atoms with Crippen LogP contribution in [0.4, 0.5) is 4.39 Å². The van der Waals surface area contributed by atoms with Crippen LogP contribution in [-0.4, -0.2) is 32.8 Å². The normalized spacial score (nSPS) is 11.6. The monoisotopic (exact) mass is 444 g/mol. The van der Waals surface area contributed by atoms with E-state index in [1.807, 2.05) is 0 Å². The molecule has 0 heterocycles. The van der Waals surface area contributed by atoms with E-state index < -0.39 is 33.8 Å². The van der Waals surface area contributed by atoms with E-state index in [1.165, 1.54) is 24.3 Å². The van der Waals surface area contributed by atoms with Crippen LogP contribution >= 0.6 is 0 Å². The van der Waals surface area contributed by atoms with Gasteiger partial charge in [0.25, 0.3) is 5.91 Å². The third-order valence-corrected chi connectivity index (χ3v) is 5.03. The van der Waals surface area contributed by atoms with E-state index in [-0.39, 0.29) is 24.3 Å². The number of aryl methyl sites for hydroxylation is 1. The third-order valence-electron chi connectivity index (χ3n) is 4.20. The van der Waals surface area contributed by atoms with Gasteiger partial charge in [0.05, 0.1) is 12.0 Å². The SMILES string of the molecule is C#CCNC(=O)[C@H](Cc1ccc(OS(=O)(=O)C=C)cc1)NC(=O)c1ccc(C)c(F)c1. The van der Waals surface area contributed by atoms with Crippen molar-refractivity contribution in [1.82, 2.24) is 10.6 Å². The van der Waals surface area contributed by atoms with Gasteiger partial charge in [-0.05, 0) is 42.3 Å². The van der Waals surface area contributed by atoms with Crippen molar-refractivity contribution in [2.45, 2.75) is 19.4 Å². The molecule has 2 amide bonds. The molecule has 0 aromatic heterocycles. The molecular weight excluding hydrogens is 423 g/mol. The Kier molecular flexibility index (Phi) is 7.94. The molecule has 7 nitrogen and oxygen atoms in total. The summed E-state index contributed by atoms with van der Waals surface area (Å²) in [6.45, 7) is 4.70. The molecule has 0 saturated carbocycles. The summed E-state index contributed by atoms with van der Waals surface area (Å²) in [6.07, 6.45) is 5.24. The molecule has 0 fully saturated rings. The topological polar surface area (TPSA) is 102 Å². The zero-order chi connectivity index (χ0) is 23.0. The molecule has 1 atom stereocenters. The number of hydrogen-bond donors (Lipinski definition) is 2. The van der Waals surface area contributed by atoms with Crippen LogP contribution in [0.1, 0.15) is 21.5 Å². The van der Waals surface area contributed by atoms with Crippen molar-refractivity contribution in [2.75, 3.05) is 6.54 Å². The van der Waals surface area contributed by atoms with Gasteiger partial charge in [0.15, 0.2) is 0 Å². The highest BCUT2D eigenvalue weighted by Crippen LogP contribution is 2.16. The maximum Gasteiger partial charge on any atom is 0.331 e. The second-order valence-electron chi connectivity index (χ2n) is 6.50. The third kappa shape index (κ3) is 6.97. The average Bonchev–Trinajstić information content (AvgIpc) is 2.74. The van der Waals surface area contributed by atoms with Crippen LogP contribution in [0.25, 0.3) is 0 Å². The Morgan fingerprint density at radius 1 is 1.26 bits per heavy atom. The molecule has 2 aromatic carbocycles. The second kappa shape index (κ2) is 10.4. The van der Waals surface area contributed by atoms with Gasteiger partial charge in [0.2, 0.25) is 5.91 Å². The van der Waals surface area contributed by atoms with Gasteiger partial charge < -0.3 is 14.8 Å². The van der Waals surface area contributed by atoms with Crippen molar-refractivity contribution in [3.8, 4) is 18.1 Å². The molecular formula is C22H21FN2O5S. The highest BCUT2D eigenvalue weighted by Gasteiger charge is 2.22. The first kappa shape index (κ1) is 23.6. The molecule has 2 N–H and O–H groups in total. The quantitative estimate of drug-likeness (QED) is 0.456. The Labute approximate surface area is 180 Å². The molecule has 0 radical (unpaired) electrons. The number of carbonyl (C=O) groups excluding carboxylic acids is 2. The van der Waals surface area contributed by atoms with E-state index in [2.05, 4.69) is 23.1 Å². The fourth-order valence-electron chi connectivity index (χ4n) is 2.53. The van der Waals surface area contributed by atoms with Crippen molar-refractivity contribution in [3.05, 3.63) is 77.0 Å². The van der Waals surface area contributed by atoms with Gasteiger partial charge in [-0.15, -0.1) is 6.42 Å². The van der Waals surface area contributed by atoms with Gasteiger partial charge in [0, 0.05) is 12.0 Å². The number of halogens is 1. The van der Waals surface area contributed by atoms with Crippen molar-refractivity contribution >= 4 is 21.9 Å². The zero-order valence-electron chi connectivity index (χ0n) is 16.7. The first-order chi connectivity index (χ1) is 14.6. The molecule has 0 bridgehead atoms. The maximum atomic E-state index is 13.8. The Hall–Kier alpha value is -3.64. The summed E-state index contributed by atoms with van der Waals surface area (Å²) >= 11 is 0. The smallest absolute Gasteiger partial charge is 0.331 e. The summed E-state index contributed by atoms with van der Waals surface area (Å²) in [7, 11) is -3.89. The predicted molar refractivity (Wildman–Crippen MR) is 114 cm³/mol. The van der Waals surface area contributed by atoms with Crippen LogP contribution < -0.4 is 14.8 Å². The molecule has 31 heavy (non-hydrogen) atoms. The Morgan fingerprint density at radius 2 is 1.94 bits per heavy atom. The molecule has 2 rings (SSSR count). The summed E-state index contributed by atoms with van der Waals surface area (Å²) in [6, 6.07) is 8.92. The summed E-state index contributed by atoms with van der Waals surface area (Å²) in [5.41, 5.74) is 1.07. The van der Waals surface area contributed by atoms with E-state index >= 15 is 0 Å². The number of terminal acetylenes is 1. The van der Waals surface area contributed by atoms with Gasteiger partial charge in [-0.1, -0.05) is 30.7 Å². The van der Waals surface area contributed by atoms with Crippen LogP contribution in [0, 0.1) is 25.1 Å². The van der Waals surface area contributed by atoms with Crippen molar-refractivity contribution in [1.29, 1.82) is 0 Å². The standard InChI is InChI=1S/C22H21FN2O5S/c1-4-12-24-22(27)20(25-21(26)17-9-6-15(3)19(23)14-17)13-16-7-10-18(11-8-16)30-31(28,29)5-2/h1,5-11,14,20H,2,12-13H2,3H3,(H,24,27)(H,25,26)/t20-/m0/s1. The number of nitrogens with one attached hydrogen (secondary N) is 2. The lowest BCUT2D eigenvalue weighted by molar-refractivity contribution is -0.122. The van der Waals surface area contributed by atoms with E-state index in [0.29, 0.717) is 16.5 Å². The molecule has 9 heteroatoms. The zero-order valence-corrected chi connectivity index (χ0v) is 17.5. The maximum absolute atomic E-state index is 13.8. The molecule has 0 unspecified atom stereocenters. The van der Waals surface area contributed by atoms with E-state index in [4.69, 9.17) is 10.6 Å². The molecule has 0 aliphatic rings. The lowest BCUT2D eigenvalue weighted by Crippen LogP contribution is -2.48. The van der Waals surface area contributed by atoms with Gasteiger partial charge >= 0.3 is 10.1 Å². The molecule has 0 aliphatic carbocycles. The fraction of sp³-hybridized carbons (Fsp3) is 0.182. The summed E-state index contributed by atoms with van der Waals surface area (Å²) in [5, 5.41) is 5.75. The predicted octanol–water partition coefficient (Wildman–Crippen LogP) is 2.08. The molecule has 162 valence electrons. The Balaban J connectivity index is 2.18. The summed E-state index contributed by atoms with van der Waals surface area (Å²) in [5.74, 6) is 0.657. The van der Waals surface area contributed by atoms with Crippen LogP contribution in [0.2, 0.25) is 0 Å². The Morgan fingerprint density at radius 3 is 2.52 bits per heavy atom. The summed E-state index contributed by atoms with van der Waals surface area (Å²) < 4.78 is 41.5. The molecule has 0 aliphatic heterocycles. The van der Waals surface area contributed by atoms with E-state index in [1.54, 1.807) is 19.1 Å². The average molecular weight is 444 g/mol.